The van der Waals surface area contributed by atoms with Crippen molar-refractivity contribution in [2.45, 2.75) is 26.9 Å². The van der Waals surface area contributed by atoms with Crippen molar-refractivity contribution in [2.24, 2.45) is 0 Å². The van der Waals surface area contributed by atoms with Crippen molar-refractivity contribution < 1.29 is 19.6 Å². The van der Waals surface area contributed by atoms with Crippen molar-refractivity contribution in [3.63, 3.8) is 0 Å². The lowest BCUT2D eigenvalue weighted by atomic mass is 10.1. The summed E-state index contributed by atoms with van der Waals surface area (Å²) in [6.07, 6.45) is -0.201. The van der Waals surface area contributed by atoms with Gasteiger partial charge in [0.2, 0.25) is 0 Å². The number of hydrogen-bond donors (Lipinski definition) is 1. The number of carboxylic acids is 1. The Hall–Kier alpha value is -2.11. The van der Waals surface area contributed by atoms with E-state index < -0.39 is 10.9 Å². The summed E-state index contributed by atoms with van der Waals surface area (Å²) in [5.74, 6) is -1.06. The van der Waals surface area contributed by atoms with E-state index in [4.69, 9.17) is 9.84 Å². The number of carboxylic acid groups (broad SMARTS) is 1. The minimum Gasteiger partial charge on any atom is -0.490 e. The molecule has 92 valence electrons. The topological polar surface area (TPSA) is 89.7 Å². The second-order valence-corrected chi connectivity index (χ2v) is 3.87. The van der Waals surface area contributed by atoms with Crippen LogP contribution in [0.3, 0.4) is 0 Å². The number of ether oxygens (including phenoxy) is 1. The summed E-state index contributed by atoms with van der Waals surface area (Å²) in [7, 11) is 0. The van der Waals surface area contributed by atoms with Crippen molar-refractivity contribution in [1.82, 2.24) is 0 Å². The van der Waals surface area contributed by atoms with Gasteiger partial charge in [-0.1, -0.05) is 0 Å². The van der Waals surface area contributed by atoms with Crippen LogP contribution in [0.25, 0.3) is 0 Å². The standard InChI is InChI=1S/C11H13NO5/c1-6(2)17-10-7(3)4-8(12(15)16)5-9(10)11(13)14/h4-6H,1-3H3,(H,13,14). The van der Waals surface area contributed by atoms with E-state index in [9.17, 15) is 14.9 Å². The zero-order valence-electron chi connectivity index (χ0n) is 9.76. The van der Waals surface area contributed by atoms with E-state index in [-0.39, 0.29) is 23.1 Å². The van der Waals surface area contributed by atoms with Gasteiger partial charge in [-0.15, -0.1) is 0 Å². The van der Waals surface area contributed by atoms with Gasteiger partial charge in [0.25, 0.3) is 5.69 Å². The number of nitro groups is 1. The van der Waals surface area contributed by atoms with Crippen molar-refractivity contribution >= 4 is 11.7 Å². The van der Waals surface area contributed by atoms with E-state index in [0.717, 1.165) is 6.07 Å². The number of nitrogens with zero attached hydrogens (tertiary/aromatic N) is 1. The van der Waals surface area contributed by atoms with E-state index in [1.54, 1.807) is 20.8 Å². The van der Waals surface area contributed by atoms with Crippen molar-refractivity contribution in [1.29, 1.82) is 0 Å². The highest BCUT2D eigenvalue weighted by atomic mass is 16.6. The van der Waals surface area contributed by atoms with Crippen LogP contribution in [0.2, 0.25) is 0 Å². The Balaban J connectivity index is 3.38. The van der Waals surface area contributed by atoms with Gasteiger partial charge >= 0.3 is 5.97 Å². The lowest BCUT2D eigenvalue weighted by Gasteiger charge is -2.14. The highest BCUT2D eigenvalue weighted by molar-refractivity contribution is 5.92. The number of rotatable bonds is 4. The number of carbonyl (C=O) groups is 1. The summed E-state index contributed by atoms with van der Waals surface area (Å²) in [5.41, 5.74) is -0.00768. The minimum atomic E-state index is -1.24. The molecule has 6 heteroatoms. The summed E-state index contributed by atoms with van der Waals surface area (Å²) in [4.78, 5) is 21.0. The number of aromatic carboxylic acids is 1. The highest BCUT2D eigenvalue weighted by Crippen LogP contribution is 2.29. The number of hydrogen-bond acceptors (Lipinski definition) is 4. The summed E-state index contributed by atoms with van der Waals surface area (Å²) in [5, 5.41) is 19.6. The molecule has 1 aromatic rings. The first-order valence-electron chi connectivity index (χ1n) is 5.02. The normalized spacial score (nSPS) is 10.4. The first-order valence-corrected chi connectivity index (χ1v) is 5.02. The molecule has 0 atom stereocenters. The van der Waals surface area contributed by atoms with Gasteiger partial charge < -0.3 is 9.84 Å². The van der Waals surface area contributed by atoms with Crippen LogP contribution in [0, 0.1) is 17.0 Å². The monoisotopic (exact) mass is 239 g/mol. The zero-order chi connectivity index (χ0) is 13.2. The Bertz CT molecular complexity index is 467. The van der Waals surface area contributed by atoms with E-state index >= 15 is 0 Å². The molecular weight excluding hydrogens is 226 g/mol. The molecule has 0 amide bonds. The number of non-ortho nitro benzene ring substituents is 1. The molecule has 0 unspecified atom stereocenters. The maximum absolute atomic E-state index is 11.0. The molecule has 0 heterocycles. The quantitative estimate of drug-likeness (QED) is 0.643. The van der Waals surface area contributed by atoms with E-state index in [1.165, 1.54) is 6.07 Å². The van der Waals surface area contributed by atoms with Crippen LogP contribution in [-0.2, 0) is 0 Å². The van der Waals surface area contributed by atoms with Gasteiger partial charge in [0.15, 0.2) is 0 Å². The Morgan fingerprint density at radius 2 is 2.06 bits per heavy atom. The third-order valence-corrected chi connectivity index (χ3v) is 2.05. The highest BCUT2D eigenvalue weighted by Gasteiger charge is 2.20. The summed E-state index contributed by atoms with van der Waals surface area (Å²) in [6.45, 7) is 5.09. The van der Waals surface area contributed by atoms with Crippen molar-refractivity contribution in [3.8, 4) is 5.75 Å². The van der Waals surface area contributed by atoms with Crippen LogP contribution >= 0.6 is 0 Å². The lowest BCUT2D eigenvalue weighted by Crippen LogP contribution is -2.11. The Morgan fingerprint density at radius 3 is 2.47 bits per heavy atom. The van der Waals surface area contributed by atoms with E-state index in [2.05, 4.69) is 0 Å². The Labute approximate surface area is 98.0 Å². The van der Waals surface area contributed by atoms with Gasteiger partial charge in [-0.05, 0) is 26.3 Å². The smallest absolute Gasteiger partial charge is 0.339 e. The van der Waals surface area contributed by atoms with Gasteiger partial charge in [-0.25, -0.2) is 4.79 Å². The van der Waals surface area contributed by atoms with Crippen LogP contribution in [0.5, 0.6) is 5.75 Å². The molecule has 0 saturated heterocycles. The van der Waals surface area contributed by atoms with Crippen molar-refractivity contribution in [3.05, 3.63) is 33.4 Å². The van der Waals surface area contributed by atoms with E-state index in [0.29, 0.717) is 5.56 Å². The molecule has 0 radical (unpaired) electrons. The van der Waals surface area contributed by atoms with E-state index in [1.807, 2.05) is 0 Å². The Morgan fingerprint density at radius 1 is 1.47 bits per heavy atom. The van der Waals surface area contributed by atoms with Gasteiger partial charge in [-0.3, -0.25) is 10.1 Å². The molecular formula is C11H13NO5. The number of benzene rings is 1. The summed E-state index contributed by atoms with van der Waals surface area (Å²) in [6, 6.07) is 2.30. The SMILES string of the molecule is Cc1cc([N+](=O)[O-])cc(C(=O)O)c1OC(C)C. The lowest BCUT2D eigenvalue weighted by molar-refractivity contribution is -0.385. The average molecular weight is 239 g/mol. The third-order valence-electron chi connectivity index (χ3n) is 2.05. The molecule has 0 bridgehead atoms. The van der Waals surface area contributed by atoms with Crippen LogP contribution < -0.4 is 4.74 Å². The molecule has 1 N–H and O–H groups in total. The maximum atomic E-state index is 11.0. The molecule has 0 spiro atoms. The largest absolute Gasteiger partial charge is 0.490 e. The molecule has 1 aromatic carbocycles. The zero-order valence-corrected chi connectivity index (χ0v) is 9.76. The number of nitro benzene ring substituents is 1. The first-order chi connectivity index (χ1) is 7.82. The molecule has 0 aliphatic carbocycles. The predicted molar refractivity (Wildman–Crippen MR) is 60.6 cm³/mol. The molecule has 0 aromatic heterocycles. The van der Waals surface area contributed by atoms with Crippen LogP contribution in [0.4, 0.5) is 5.69 Å². The van der Waals surface area contributed by atoms with Gasteiger partial charge in [-0.2, -0.15) is 0 Å². The number of aryl methyl sites for hydroxylation is 1. The van der Waals surface area contributed by atoms with Crippen molar-refractivity contribution in [2.75, 3.05) is 0 Å². The van der Waals surface area contributed by atoms with Crippen LogP contribution in [0.15, 0.2) is 12.1 Å². The second kappa shape index (κ2) is 4.82. The summed E-state index contributed by atoms with van der Waals surface area (Å²) >= 11 is 0. The average Bonchev–Trinajstić information content (AvgIpc) is 2.19. The molecule has 6 nitrogen and oxygen atoms in total. The maximum Gasteiger partial charge on any atom is 0.339 e. The molecule has 17 heavy (non-hydrogen) atoms. The van der Waals surface area contributed by atoms with Crippen LogP contribution in [-0.4, -0.2) is 22.1 Å². The molecule has 0 saturated carbocycles. The van der Waals surface area contributed by atoms with Crippen LogP contribution in [0.1, 0.15) is 29.8 Å². The fourth-order valence-electron chi connectivity index (χ4n) is 1.41. The molecule has 1 rings (SSSR count). The first kappa shape index (κ1) is 13.0. The third kappa shape index (κ3) is 2.93. The van der Waals surface area contributed by atoms with Gasteiger partial charge in [0.05, 0.1) is 11.0 Å². The van der Waals surface area contributed by atoms with Gasteiger partial charge in [0, 0.05) is 12.1 Å². The predicted octanol–water partition coefficient (Wildman–Crippen LogP) is 2.39. The fraction of sp³-hybridized carbons (Fsp3) is 0.364. The minimum absolute atomic E-state index is 0.179. The molecule has 0 aliphatic heterocycles. The Kier molecular flexibility index (Phi) is 3.67. The fourth-order valence-corrected chi connectivity index (χ4v) is 1.41. The second-order valence-electron chi connectivity index (χ2n) is 3.87. The molecule has 0 aliphatic rings. The summed E-state index contributed by atoms with van der Waals surface area (Å²) < 4.78 is 5.37. The van der Waals surface area contributed by atoms with Gasteiger partial charge in [0.1, 0.15) is 11.3 Å². The molecule has 0 fully saturated rings.